The zero-order valence-electron chi connectivity index (χ0n) is 14.7. The van der Waals surface area contributed by atoms with Crippen LogP contribution in [0.1, 0.15) is 17.5 Å². The fourth-order valence-electron chi connectivity index (χ4n) is 3.82. The number of aliphatic hydroxyl groups excluding tert-OH is 4. The molecule has 142 valence electrons. The molecule has 1 aliphatic heterocycles. The summed E-state index contributed by atoms with van der Waals surface area (Å²) in [5, 5.41) is 39.2. The van der Waals surface area contributed by atoms with Gasteiger partial charge in [-0.25, -0.2) is 0 Å². The quantitative estimate of drug-likeness (QED) is 0.635. The van der Waals surface area contributed by atoms with E-state index in [-0.39, 0.29) is 0 Å². The molecule has 27 heavy (non-hydrogen) atoms. The van der Waals surface area contributed by atoms with Crippen molar-refractivity contribution < 1.29 is 29.9 Å². The van der Waals surface area contributed by atoms with Crippen LogP contribution in [0.4, 0.5) is 0 Å². The van der Waals surface area contributed by atoms with Crippen LogP contribution in [0.15, 0.2) is 54.7 Å². The highest BCUT2D eigenvalue weighted by molar-refractivity contribution is 6.04. The van der Waals surface area contributed by atoms with Crippen LogP contribution in [0, 0.1) is 0 Å². The maximum Gasteiger partial charge on any atom is 0.229 e. The van der Waals surface area contributed by atoms with Gasteiger partial charge in [0.2, 0.25) is 6.29 Å². The van der Waals surface area contributed by atoms with Gasteiger partial charge < -0.3 is 29.9 Å². The molecule has 6 nitrogen and oxygen atoms in total. The van der Waals surface area contributed by atoms with Crippen LogP contribution in [0.25, 0.3) is 11.1 Å². The first-order valence-corrected chi connectivity index (χ1v) is 8.90. The minimum Gasteiger partial charge on any atom is -0.462 e. The summed E-state index contributed by atoms with van der Waals surface area (Å²) in [7, 11) is 0. The van der Waals surface area contributed by atoms with Crippen molar-refractivity contribution in [1.82, 2.24) is 0 Å². The molecule has 4 rings (SSSR count). The SMILES string of the molecule is C=CC1=C2CC=CC=C2c2ccc(OC3OC(CO)C(O)C(O)C3O)cc21. The predicted octanol–water partition coefficient (Wildman–Crippen LogP) is 1.16. The second-order valence-electron chi connectivity index (χ2n) is 6.83. The molecular formula is C21H22O6. The summed E-state index contributed by atoms with van der Waals surface area (Å²) in [5.74, 6) is 0.449. The van der Waals surface area contributed by atoms with Crippen LogP contribution in [0.3, 0.4) is 0 Å². The largest absolute Gasteiger partial charge is 0.462 e. The number of benzene rings is 1. The summed E-state index contributed by atoms with van der Waals surface area (Å²) in [6, 6.07) is 5.55. The monoisotopic (exact) mass is 370 g/mol. The van der Waals surface area contributed by atoms with Crippen molar-refractivity contribution >= 4 is 11.1 Å². The van der Waals surface area contributed by atoms with Crippen molar-refractivity contribution in [1.29, 1.82) is 0 Å². The number of hydrogen-bond acceptors (Lipinski definition) is 6. The average Bonchev–Trinajstić information content (AvgIpc) is 3.01. The molecule has 1 fully saturated rings. The third kappa shape index (κ3) is 2.96. The van der Waals surface area contributed by atoms with Crippen molar-refractivity contribution in [3.05, 3.63) is 65.8 Å². The van der Waals surface area contributed by atoms with E-state index in [9.17, 15) is 20.4 Å². The van der Waals surface area contributed by atoms with Gasteiger partial charge in [0.1, 0.15) is 30.2 Å². The van der Waals surface area contributed by atoms with Gasteiger partial charge in [0.25, 0.3) is 0 Å². The standard InChI is InChI=1S/C21H22O6/c1-2-12-13-5-3-4-6-14(13)15-8-7-11(9-16(12)15)26-21-20(25)19(24)18(23)17(10-22)27-21/h2-4,6-9,17-25H,1,5,10H2. The Bertz CT molecular complexity index is 850. The average molecular weight is 370 g/mol. The first-order valence-electron chi connectivity index (χ1n) is 8.90. The topological polar surface area (TPSA) is 99.4 Å². The fraction of sp³-hybridized carbons (Fsp3) is 0.333. The number of allylic oxidation sites excluding steroid dienone is 7. The first-order chi connectivity index (χ1) is 13.0. The van der Waals surface area contributed by atoms with Crippen LogP contribution >= 0.6 is 0 Å². The Balaban J connectivity index is 1.62. The lowest BCUT2D eigenvalue weighted by atomic mass is 9.96. The molecule has 1 heterocycles. The number of ether oxygens (including phenoxy) is 2. The van der Waals surface area contributed by atoms with Gasteiger partial charge in [0, 0.05) is 0 Å². The molecule has 0 aromatic heterocycles. The highest BCUT2D eigenvalue weighted by Crippen LogP contribution is 2.46. The summed E-state index contributed by atoms with van der Waals surface area (Å²) in [5.41, 5.74) is 5.50. The van der Waals surface area contributed by atoms with Crippen LogP contribution in [-0.2, 0) is 4.74 Å². The molecule has 1 saturated heterocycles. The zero-order chi connectivity index (χ0) is 19.1. The lowest BCUT2D eigenvalue weighted by Gasteiger charge is -2.39. The van der Waals surface area contributed by atoms with Gasteiger partial charge in [-0.2, -0.15) is 0 Å². The second-order valence-corrected chi connectivity index (χ2v) is 6.83. The Morgan fingerprint density at radius 3 is 2.70 bits per heavy atom. The third-order valence-corrected chi connectivity index (χ3v) is 5.25. The summed E-state index contributed by atoms with van der Waals surface area (Å²) in [6.07, 6.45) is 2.33. The maximum atomic E-state index is 10.2. The van der Waals surface area contributed by atoms with Crippen LogP contribution in [0.2, 0.25) is 0 Å². The van der Waals surface area contributed by atoms with Crippen molar-refractivity contribution in [3.63, 3.8) is 0 Å². The molecule has 6 heteroatoms. The molecular weight excluding hydrogens is 348 g/mol. The fourth-order valence-corrected chi connectivity index (χ4v) is 3.82. The molecule has 0 amide bonds. The van der Waals surface area contributed by atoms with E-state index in [1.807, 2.05) is 24.3 Å². The molecule has 4 N–H and O–H groups in total. The van der Waals surface area contributed by atoms with Gasteiger partial charge in [-0.05, 0) is 46.4 Å². The number of fused-ring (bicyclic) bond motifs is 3. The lowest BCUT2D eigenvalue weighted by molar-refractivity contribution is -0.277. The van der Waals surface area contributed by atoms with E-state index in [1.165, 1.54) is 11.1 Å². The van der Waals surface area contributed by atoms with E-state index in [2.05, 4.69) is 18.7 Å². The molecule has 1 aromatic carbocycles. The summed E-state index contributed by atoms with van der Waals surface area (Å²) in [4.78, 5) is 0. The van der Waals surface area contributed by atoms with Crippen LogP contribution in [0.5, 0.6) is 5.75 Å². The maximum absolute atomic E-state index is 10.2. The Kier molecular flexibility index (Phi) is 4.75. The van der Waals surface area contributed by atoms with E-state index in [1.54, 1.807) is 6.07 Å². The molecule has 5 atom stereocenters. The van der Waals surface area contributed by atoms with Gasteiger partial charge in [-0.1, -0.05) is 36.9 Å². The van der Waals surface area contributed by atoms with Crippen molar-refractivity contribution in [2.24, 2.45) is 0 Å². The van der Waals surface area contributed by atoms with Crippen molar-refractivity contribution in [2.75, 3.05) is 6.61 Å². The Morgan fingerprint density at radius 1 is 1.15 bits per heavy atom. The molecule has 1 aromatic rings. The Labute approximate surface area is 157 Å². The van der Waals surface area contributed by atoms with Crippen molar-refractivity contribution in [3.8, 4) is 5.75 Å². The first kappa shape index (κ1) is 18.2. The summed E-state index contributed by atoms with van der Waals surface area (Å²) < 4.78 is 11.2. The molecule has 0 spiro atoms. The van der Waals surface area contributed by atoms with Gasteiger partial charge in [-0.15, -0.1) is 0 Å². The van der Waals surface area contributed by atoms with Gasteiger partial charge in [0.05, 0.1) is 6.61 Å². The normalized spacial score (nSPS) is 32.0. The number of aliphatic hydroxyl groups is 4. The Morgan fingerprint density at radius 2 is 1.96 bits per heavy atom. The van der Waals surface area contributed by atoms with E-state index in [0.717, 1.165) is 23.1 Å². The molecule has 0 saturated carbocycles. The highest BCUT2D eigenvalue weighted by Gasteiger charge is 2.44. The molecule has 5 unspecified atom stereocenters. The van der Waals surface area contributed by atoms with Gasteiger partial charge in [0.15, 0.2) is 0 Å². The molecule has 3 aliphatic rings. The van der Waals surface area contributed by atoms with E-state index < -0.39 is 37.3 Å². The molecule has 0 radical (unpaired) electrons. The van der Waals surface area contributed by atoms with E-state index >= 15 is 0 Å². The van der Waals surface area contributed by atoms with Gasteiger partial charge >= 0.3 is 0 Å². The number of hydrogen-bond donors (Lipinski definition) is 4. The summed E-state index contributed by atoms with van der Waals surface area (Å²) in [6.45, 7) is 3.43. The minimum absolute atomic E-state index is 0.449. The lowest BCUT2D eigenvalue weighted by Crippen LogP contribution is -2.60. The minimum atomic E-state index is -1.47. The Hall–Kier alpha value is -2.22. The smallest absolute Gasteiger partial charge is 0.229 e. The van der Waals surface area contributed by atoms with Gasteiger partial charge in [-0.3, -0.25) is 0 Å². The van der Waals surface area contributed by atoms with Crippen molar-refractivity contribution in [2.45, 2.75) is 37.1 Å². The predicted molar refractivity (Wildman–Crippen MR) is 99.7 cm³/mol. The van der Waals surface area contributed by atoms with E-state index in [0.29, 0.717) is 5.75 Å². The van der Waals surface area contributed by atoms with Crippen LogP contribution < -0.4 is 4.74 Å². The molecule has 2 aliphatic carbocycles. The highest BCUT2D eigenvalue weighted by atomic mass is 16.7. The zero-order valence-corrected chi connectivity index (χ0v) is 14.7. The molecule has 0 bridgehead atoms. The second kappa shape index (κ2) is 7.07. The number of rotatable bonds is 4. The summed E-state index contributed by atoms with van der Waals surface area (Å²) >= 11 is 0. The van der Waals surface area contributed by atoms with Crippen LogP contribution in [-0.4, -0.2) is 57.7 Å². The van der Waals surface area contributed by atoms with E-state index in [4.69, 9.17) is 9.47 Å². The third-order valence-electron chi connectivity index (χ3n) is 5.25.